The summed E-state index contributed by atoms with van der Waals surface area (Å²) in [7, 11) is 5.19. The highest BCUT2D eigenvalue weighted by molar-refractivity contribution is 6.15. The van der Waals surface area contributed by atoms with Crippen molar-refractivity contribution in [2.45, 2.75) is 6.10 Å². The van der Waals surface area contributed by atoms with E-state index in [0.29, 0.717) is 11.1 Å². The van der Waals surface area contributed by atoms with Gasteiger partial charge in [-0.2, -0.15) is 0 Å². The first kappa shape index (κ1) is 15.5. The summed E-state index contributed by atoms with van der Waals surface area (Å²) >= 11 is 0. The molecule has 94 valence electrons. The quantitative estimate of drug-likeness (QED) is 0.690. The van der Waals surface area contributed by atoms with Gasteiger partial charge < -0.3 is 9.22 Å². The molecule has 1 unspecified atom stereocenters. The Hall–Kier alpha value is -1.54. The Morgan fingerprint density at radius 3 is 1.84 bits per heavy atom. The van der Waals surface area contributed by atoms with Crippen LogP contribution in [0.15, 0.2) is 60.7 Å². The minimum Gasteiger partial charge on any atom is -0.458 e. The average molecular weight is 284 g/mol. The number of aliphatic hydroxyl groups is 1. The van der Waals surface area contributed by atoms with Crippen molar-refractivity contribution in [3.63, 3.8) is 0 Å². The number of hydrogen-bond acceptors (Lipinski definition) is 3. The lowest BCUT2D eigenvalue weighted by molar-refractivity contribution is 0.0747. The van der Waals surface area contributed by atoms with Crippen LogP contribution in [0.1, 0.15) is 22.0 Å². The third kappa shape index (κ3) is 4.92. The fourth-order valence-corrected chi connectivity index (χ4v) is 1.55. The number of Topliss-reactive ketones (excluding diaryl/α,β-unsaturated/α-hetero) is 1. The number of carbonyl (C=O) groups is 1. The van der Waals surface area contributed by atoms with Gasteiger partial charge in [0, 0.05) is 5.56 Å². The third-order valence-electron chi connectivity index (χ3n) is 2.42. The summed E-state index contributed by atoms with van der Waals surface area (Å²) in [5.74, 6) is -0.271. The summed E-state index contributed by atoms with van der Waals surface area (Å²) in [6, 6.07) is 17.7. The van der Waals surface area contributed by atoms with Gasteiger partial charge in [0.1, 0.15) is 6.10 Å². The second-order valence-electron chi connectivity index (χ2n) is 3.65. The monoisotopic (exact) mass is 284 g/mol. The molecular formula is C14H12O3Si2. The zero-order valence-electron chi connectivity index (χ0n) is 10.1. The lowest BCUT2D eigenvalue weighted by Gasteiger charge is -2.09. The molecule has 0 aliphatic carbocycles. The van der Waals surface area contributed by atoms with E-state index in [1.807, 2.05) is 12.1 Å². The second-order valence-corrected chi connectivity index (χ2v) is 4.46. The second kappa shape index (κ2) is 8.55. The highest BCUT2D eigenvalue weighted by Crippen LogP contribution is 2.17. The highest BCUT2D eigenvalue weighted by Gasteiger charge is 2.18. The maximum atomic E-state index is 11.9. The first-order valence-corrected chi connectivity index (χ1v) is 6.34. The number of benzene rings is 2. The molecule has 0 heterocycles. The van der Waals surface area contributed by atoms with Crippen molar-refractivity contribution in [3.8, 4) is 0 Å². The van der Waals surface area contributed by atoms with Crippen molar-refractivity contribution >= 4 is 26.8 Å². The van der Waals surface area contributed by atoms with E-state index in [2.05, 4.69) is 25.1 Å². The van der Waals surface area contributed by atoms with Crippen LogP contribution in [0.3, 0.4) is 0 Å². The first-order chi connectivity index (χ1) is 9.20. The molecule has 0 amide bonds. The number of ketones is 1. The zero-order valence-corrected chi connectivity index (χ0v) is 12.1. The SMILES string of the molecule is O=C(c1ccccc1)C(O)c1ccccc1.[Si]O[Si]. The summed E-state index contributed by atoms with van der Waals surface area (Å²) < 4.78 is 3.86. The van der Waals surface area contributed by atoms with E-state index < -0.39 is 6.10 Å². The molecule has 2 aromatic carbocycles. The molecular weight excluding hydrogens is 272 g/mol. The summed E-state index contributed by atoms with van der Waals surface area (Å²) in [5.41, 5.74) is 1.15. The Labute approximate surface area is 119 Å². The standard InChI is InChI=1S/C14H12O2.OSi2/c15-13(11-7-3-1-4-8-11)14(16)12-9-5-2-6-10-12;2-1-3/h1-10,13,15H;. The van der Waals surface area contributed by atoms with Gasteiger partial charge in [0.2, 0.25) is 21.0 Å². The first-order valence-electron chi connectivity index (χ1n) is 5.52. The summed E-state index contributed by atoms with van der Waals surface area (Å²) in [6.45, 7) is 0. The van der Waals surface area contributed by atoms with Crippen molar-refractivity contribution in [1.82, 2.24) is 0 Å². The maximum absolute atomic E-state index is 11.9. The minimum absolute atomic E-state index is 0.271. The molecule has 1 atom stereocenters. The van der Waals surface area contributed by atoms with Gasteiger partial charge in [0.15, 0.2) is 5.78 Å². The molecule has 5 heteroatoms. The van der Waals surface area contributed by atoms with Crippen molar-refractivity contribution in [1.29, 1.82) is 0 Å². The van der Waals surface area contributed by atoms with E-state index in [1.165, 1.54) is 0 Å². The van der Waals surface area contributed by atoms with Crippen molar-refractivity contribution in [2.75, 3.05) is 0 Å². The van der Waals surface area contributed by atoms with Gasteiger partial charge in [-0.1, -0.05) is 60.7 Å². The van der Waals surface area contributed by atoms with Gasteiger partial charge in [0.05, 0.1) is 0 Å². The van der Waals surface area contributed by atoms with Crippen LogP contribution < -0.4 is 0 Å². The lowest BCUT2D eigenvalue weighted by atomic mass is 10.0. The number of carbonyl (C=O) groups excluding carboxylic acids is 1. The molecule has 0 aliphatic heterocycles. The Morgan fingerprint density at radius 2 is 1.37 bits per heavy atom. The van der Waals surface area contributed by atoms with Crippen LogP contribution in [-0.2, 0) is 4.12 Å². The predicted octanol–water partition coefficient (Wildman–Crippen LogP) is 1.77. The molecule has 3 nitrogen and oxygen atoms in total. The highest BCUT2D eigenvalue weighted by atomic mass is 28.3. The van der Waals surface area contributed by atoms with Gasteiger partial charge in [-0.3, -0.25) is 4.79 Å². The van der Waals surface area contributed by atoms with E-state index in [0.717, 1.165) is 0 Å². The fraction of sp³-hybridized carbons (Fsp3) is 0.0714. The molecule has 1 N–H and O–H groups in total. The van der Waals surface area contributed by atoms with Gasteiger partial charge in [-0.25, -0.2) is 0 Å². The Kier molecular flexibility index (Phi) is 6.98. The van der Waals surface area contributed by atoms with Gasteiger partial charge in [0.25, 0.3) is 0 Å². The van der Waals surface area contributed by atoms with Crippen LogP contribution >= 0.6 is 0 Å². The summed E-state index contributed by atoms with van der Waals surface area (Å²) in [4.78, 5) is 11.9. The van der Waals surface area contributed by atoms with Crippen LogP contribution in [0.25, 0.3) is 0 Å². The van der Waals surface area contributed by atoms with Crippen LogP contribution in [0, 0.1) is 0 Å². The van der Waals surface area contributed by atoms with E-state index in [9.17, 15) is 9.90 Å². The average Bonchev–Trinajstić information content (AvgIpc) is 2.48. The number of rotatable bonds is 3. The van der Waals surface area contributed by atoms with E-state index >= 15 is 0 Å². The predicted molar refractivity (Wildman–Crippen MR) is 74.8 cm³/mol. The van der Waals surface area contributed by atoms with Gasteiger partial charge in [-0.05, 0) is 5.56 Å². The van der Waals surface area contributed by atoms with Gasteiger partial charge >= 0.3 is 0 Å². The molecule has 0 aliphatic rings. The molecule has 0 aromatic heterocycles. The summed E-state index contributed by atoms with van der Waals surface area (Å²) in [6.07, 6.45) is -1.08. The Morgan fingerprint density at radius 1 is 0.947 bits per heavy atom. The molecule has 6 radical (unpaired) electrons. The van der Waals surface area contributed by atoms with Crippen molar-refractivity contribution in [3.05, 3.63) is 71.8 Å². The van der Waals surface area contributed by atoms with E-state index in [-0.39, 0.29) is 5.78 Å². The molecule has 0 saturated carbocycles. The molecule has 2 aromatic rings. The van der Waals surface area contributed by atoms with Crippen LogP contribution in [0.5, 0.6) is 0 Å². The topological polar surface area (TPSA) is 46.5 Å². The third-order valence-corrected chi connectivity index (χ3v) is 2.42. The molecule has 2 rings (SSSR count). The smallest absolute Gasteiger partial charge is 0.229 e. The number of aliphatic hydroxyl groups excluding tert-OH is 1. The van der Waals surface area contributed by atoms with Crippen molar-refractivity contribution in [2.24, 2.45) is 0 Å². The Balaban J connectivity index is 0.000000550. The minimum atomic E-state index is -1.08. The largest absolute Gasteiger partial charge is 0.458 e. The van der Waals surface area contributed by atoms with E-state index in [4.69, 9.17) is 0 Å². The molecule has 0 bridgehead atoms. The molecule has 0 fully saturated rings. The molecule has 19 heavy (non-hydrogen) atoms. The van der Waals surface area contributed by atoms with Crippen LogP contribution in [-0.4, -0.2) is 31.9 Å². The Bertz CT molecular complexity index is 489. The van der Waals surface area contributed by atoms with E-state index in [1.54, 1.807) is 48.5 Å². The summed E-state index contributed by atoms with van der Waals surface area (Å²) in [5, 5.41) is 9.89. The fourth-order valence-electron chi connectivity index (χ4n) is 1.55. The van der Waals surface area contributed by atoms with Gasteiger partial charge in [-0.15, -0.1) is 0 Å². The zero-order chi connectivity index (χ0) is 14.1. The molecule has 0 saturated heterocycles. The lowest BCUT2D eigenvalue weighted by Crippen LogP contribution is -2.11. The molecule has 0 spiro atoms. The van der Waals surface area contributed by atoms with Crippen molar-refractivity contribution < 1.29 is 14.0 Å². The van der Waals surface area contributed by atoms with Crippen LogP contribution in [0.4, 0.5) is 0 Å². The van der Waals surface area contributed by atoms with Crippen LogP contribution in [0.2, 0.25) is 0 Å². The number of hydrogen-bond donors (Lipinski definition) is 1. The normalized spacial score (nSPS) is 11.1. The maximum Gasteiger partial charge on any atom is 0.229 e.